The molecule has 4 aromatic rings. The molecule has 0 aliphatic carbocycles. The van der Waals surface area contributed by atoms with Crippen molar-refractivity contribution in [3.05, 3.63) is 71.2 Å². The average molecular weight is 420 g/mol. The molecule has 6 nitrogen and oxygen atoms in total. The van der Waals surface area contributed by atoms with Gasteiger partial charge < -0.3 is 19.6 Å². The van der Waals surface area contributed by atoms with Gasteiger partial charge in [-0.25, -0.2) is 9.37 Å². The van der Waals surface area contributed by atoms with Gasteiger partial charge in [0.15, 0.2) is 0 Å². The Morgan fingerprint density at radius 2 is 1.90 bits per heavy atom. The Hall–Kier alpha value is -3.45. The Balaban J connectivity index is 1.80. The summed E-state index contributed by atoms with van der Waals surface area (Å²) in [4.78, 5) is 21.1. The fourth-order valence-electron chi connectivity index (χ4n) is 3.78. The molecule has 2 N–H and O–H groups in total. The van der Waals surface area contributed by atoms with Crippen LogP contribution in [0.3, 0.4) is 0 Å². The van der Waals surface area contributed by atoms with Crippen molar-refractivity contribution in [2.24, 2.45) is 0 Å². The maximum atomic E-state index is 13.3. The number of nitrogens with zero attached hydrogens (tertiary/aromatic N) is 2. The van der Waals surface area contributed by atoms with E-state index in [0.717, 1.165) is 34.3 Å². The second-order valence-corrected chi connectivity index (χ2v) is 7.50. The summed E-state index contributed by atoms with van der Waals surface area (Å²) in [5, 5.41) is 3.05. The second-order valence-electron chi connectivity index (χ2n) is 7.50. The van der Waals surface area contributed by atoms with Crippen molar-refractivity contribution in [2.45, 2.75) is 26.8 Å². The number of carbonyl (C=O) groups is 1. The minimum atomic E-state index is -0.380. The summed E-state index contributed by atoms with van der Waals surface area (Å²) in [5.41, 5.74) is 5.10. The van der Waals surface area contributed by atoms with Gasteiger partial charge in [0.25, 0.3) is 5.91 Å². The maximum absolute atomic E-state index is 13.3. The summed E-state index contributed by atoms with van der Waals surface area (Å²) in [6.45, 7) is 5.35. The van der Waals surface area contributed by atoms with Gasteiger partial charge in [0.1, 0.15) is 17.5 Å². The number of hydrogen-bond donors (Lipinski definition) is 2. The van der Waals surface area contributed by atoms with Crippen LogP contribution in [0.4, 0.5) is 10.2 Å². The Bertz CT molecular complexity index is 1190. The highest BCUT2D eigenvalue weighted by Crippen LogP contribution is 2.36. The third-order valence-electron chi connectivity index (χ3n) is 5.52. The first-order chi connectivity index (χ1) is 15.0. The summed E-state index contributed by atoms with van der Waals surface area (Å²) >= 11 is 0. The summed E-state index contributed by atoms with van der Waals surface area (Å²) < 4.78 is 20.6. The molecule has 160 valence electrons. The number of hydrogen-bond acceptors (Lipinski definition) is 3. The van der Waals surface area contributed by atoms with Crippen LogP contribution in [-0.4, -0.2) is 34.2 Å². The van der Waals surface area contributed by atoms with E-state index in [2.05, 4.69) is 14.9 Å². The molecule has 1 amide bonds. The lowest BCUT2D eigenvalue weighted by molar-refractivity contribution is 0.102. The number of nitrogens with one attached hydrogen (secondary N) is 2. The van der Waals surface area contributed by atoms with Crippen molar-refractivity contribution in [1.29, 1.82) is 0 Å². The van der Waals surface area contributed by atoms with E-state index in [1.54, 1.807) is 7.11 Å². The molecule has 0 fully saturated rings. The minimum absolute atomic E-state index is 0.303. The number of para-hydroxylation sites is 2. The van der Waals surface area contributed by atoms with E-state index < -0.39 is 0 Å². The molecule has 0 aliphatic rings. The molecule has 4 rings (SSSR count). The first-order valence-electron chi connectivity index (χ1n) is 10.2. The molecule has 31 heavy (non-hydrogen) atoms. The third kappa shape index (κ3) is 4.09. The molecule has 2 aromatic carbocycles. The topological polar surface area (TPSA) is 71.9 Å². The van der Waals surface area contributed by atoms with Crippen LogP contribution in [0.25, 0.3) is 22.4 Å². The lowest BCUT2D eigenvalue weighted by atomic mass is 10.1. The molecule has 7 heteroatoms. The number of halogens is 1. The van der Waals surface area contributed by atoms with Crippen LogP contribution >= 0.6 is 0 Å². The van der Waals surface area contributed by atoms with Crippen LogP contribution in [-0.2, 0) is 11.3 Å². The van der Waals surface area contributed by atoms with Gasteiger partial charge in [-0.3, -0.25) is 4.79 Å². The third-order valence-corrected chi connectivity index (χ3v) is 5.52. The van der Waals surface area contributed by atoms with Crippen LogP contribution < -0.4 is 5.32 Å². The van der Waals surface area contributed by atoms with Crippen molar-refractivity contribution < 1.29 is 13.9 Å². The molecular formula is C24H25FN4O2. The number of methoxy groups -OCH3 is 1. The van der Waals surface area contributed by atoms with Crippen LogP contribution in [0.15, 0.2) is 48.5 Å². The number of carbonyl (C=O) groups excluding carboxylic acids is 1. The highest BCUT2D eigenvalue weighted by atomic mass is 19.1. The van der Waals surface area contributed by atoms with Gasteiger partial charge in [-0.05, 0) is 62.2 Å². The molecule has 0 unspecified atom stereocenters. The van der Waals surface area contributed by atoms with Crippen LogP contribution in [0.1, 0.15) is 28.0 Å². The van der Waals surface area contributed by atoms with Crippen LogP contribution in [0.2, 0.25) is 0 Å². The van der Waals surface area contributed by atoms with E-state index in [-0.39, 0.29) is 11.7 Å². The second kappa shape index (κ2) is 8.73. The Kier molecular flexibility index (Phi) is 5.86. The molecule has 2 heterocycles. The number of anilines is 1. The monoisotopic (exact) mass is 420 g/mol. The van der Waals surface area contributed by atoms with Gasteiger partial charge in [0.05, 0.1) is 16.6 Å². The summed E-state index contributed by atoms with van der Waals surface area (Å²) in [6, 6.07) is 13.3. The zero-order valence-electron chi connectivity index (χ0n) is 17.8. The number of aromatic amines is 1. The quantitative estimate of drug-likeness (QED) is 0.410. The van der Waals surface area contributed by atoms with Crippen molar-refractivity contribution in [3.63, 3.8) is 0 Å². The largest absolute Gasteiger partial charge is 0.385 e. The van der Waals surface area contributed by atoms with Crippen LogP contribution in [0.5, 0.6) is 0 Å². The van der Waals surface area contributed by atoms with Gasteiger partial charge >= 0.3 is 0 Å². The normalized spacial score (nSPS) is 11.2. The highest BCUT2D eigenvalue weighted by molar-refractivity contribution is 6.06. The Morgan fingerprint density at radius 3 is 2.61 bits per heavy atom. The van der Waals surface area contributed by atoms with E-state index in [1.807, 2.05) is 38.1 Å². The standard InChI is InChI=1S/C24H25FN4O2/c1-15-16(2)29(13-6-14-31-3)23(28-24(30)17-9-11-18(25)12-10-17)21(15)22-26-19-7-4-5-8-20(19)27-22/h4-5,7-12H,6,13-14H2,1-3H3,(H,26,27)(H,28,30). The Morgan fingerprint density at radius 1 is 1.16 bits per heavy atom. The van der Waals surface area contributed by atoms with Gasteiger partial charge in [-0.15, -0.1) is 0 Å². The molecule has 0 bridgehead atoms. The lowest BCUT2D eigenvalue weighted by Gasteiger charge is -2.14. The number of rotatable bonds is 7. The number of fused-ring (bicyclic) bond motifs is 1. The smallest absolute Gasteiger partial charge is 0.256 e. The number of amides is 1. The van der Waals surface area contributed by atoms with Gasteiger partial charge in [-0.2, -0.15) is 0 Å². The first kappa shape index (κ1) is 20.8. The van der Waals surface area contributed by atoms with Crippen molar-refractivity contribution in [2.75, 3.05) is 19.0 Å². The van der Waals surface area contributed by atoms with E-state index in [9.17, 15) is 9.18 Å². The number of imidazole rings is 1. The lowest BCUT2D eigenvalue weighted by Crippen LogP contribution is -2.17. The molecular weight excluding hydrogens is 395 g/mol. The number of benzene rings is 2. The molecule has 0 saturated heterocycles. The fraction of sp³-hybridized carbons (Fsp3) is 0.250. The van der Waals surface area contributed by atoms with Crippen molar-refractivity contribution in [1.82, 2.24) is 14.5 Å². The van der Waals surface area contributed by atoms with Gasteiger partial charge in [0.2, 0.25) is 0 Å². The highest BCUT2D eigenvalue weighted by Gasteiger charge is 2.23. The number of aromatic nitrogens is 3. The van der Waals surface area contributed by atoms with E-state index in [0.29, 0.717) is 30.4 Å². The molecule has 0 spiro atoms. The van der Waals surface area contributed by atoms with E-state index in [4.69, 9.17) is 9.72 Å². The fourth-order valence-corrected chi connectivity index (χ4v) is 3.78. The van der Waals surface area contributed by atoms with E-state index >= 15 is 0 Å². The minimum Gasteiger partial charge on any atom is -0.385 e. The van der Waals surface area contributed by atoms with E-state index in [1.165, 1.54) is 24.3 Å². The maximum Gasteiger partial charge on any atom is 0.256 e. The molecule has 0 radical (unpaired) electrons. The zero-order chi connectivity index (χ0) is 22.0. The molecule has 2 aromatic heterocycles. The Labute approximate surface area is 180 Å². The zero-order valence-corrected chi connectivity index (χ0v) is 17.8. The van der Waals surface area contributed by atoms with Crippen molar-refractivity contribution in [3.8, 4) is 11.4 Å². The SMILES string of the molecule is COCCCn1c(C)c(C)c(-c2nc3ccccc3[nH]2)c1NC(=O)c1ccc(F)cc1. The number of ether oxygens (including phenoxy) is 1. The first-order valence-corrected chi connectivity index (χ1v) is 10.2. The van der Waals surface area contributed by atoms with Gasteiger partial charge in [0, 0.05) is 31.5 Å². The summed E-state index contributed by atoms with van der Waals surface area (Å²) in [6.07, 6.45) is 0.796. The predicted octanol–water partition coefficient (Wildman–Crippen LogP) is 5.08. The molecule has 0 atom stereocenters. The van der Waals surface area contributed by atoms with Gasteiger partial charge in [-0.1, -0.05) is 12.1 Å². The summed E-state index contributed by atoms with van der Waals surface area (Å²) in [7, 11) is 1.67. The number of H-pyrrole nitrogens is 1. The summed E-state index contributed by atoms with van der Waals surface area (Å²) in [5.74, 6) is 0.679. The molecule has 0 aliphatic heterocycles. The van der Waals surface area contributed by atoms with Crippen LogP contribution in [0, 0.1) is 19.7 Å². The predicted molar refractivity (Wildman–Crippen MR) is 120 cm³/mol. The average Bonchev–Trinajstić information content (AvgIpc) is 3.28. The van der Waals surface area contributed by atoms with Crippen molar-refractivity contribution >= 4 is 22.8 Å². The molecule has 0 saturated carbocycles.